The van der Waals surface area contributed by atoms with E-state index in [1.165, 1.54) is 10.5 Å². The maximum Gasteiger partial charge on any atom is 0.133 e. The molecule has 1 nitrogen and oxygen atoms in total. The number of hydrogen-bond donors (Lipinski definition) is 0. The summed E-state index contributed by atoms with van der Waals surface area (Å²) in [5, 5.41) is 0. The van der Waals surface area contributed by atoms with Crippen molar-refractivity contribution in [2.45, 2.75) is 11.0 Å². The highest BCUT2D eigenvalue weighted by atomic mass is 32.2. The van der Waals surface area contributed by atoms with Crippen LogP contribution in [0, 0.1) is 0 Å². The van der Waals surface area contributed by atoms with Crippen LogP contribution in [0.2, 0.25) is 0 Å². The highest BCUT2D eigenvalue weighted by molar-refractivity contribution is 7.99. The van der Waals surface area contributed by atoms with Gasteiger partial charge in [0.1, 0.15) is 11.9 Å². The standard InChI is InChI=1S/C16H14OS/c1-2-6-13(7-3-1)10-11-14-12-18-16-9-5-4-8-15(16)17-14/h1-11,14H,12H2. The predicted octanol–water partition coefficient (Wildman–Crippen LogP) is 4.25. The van der Waals surface area contributed by atoms with Crippen molar-refractivity contribution in [2.24, 2.45) is 0 Å². The Labute approximate surface area is 111 Å². The number of thioether (sulfide) groups is 1. The molecule has 18 heavy (non-hydrogen) atoms. The first-order chi connectivity index (χ1) is 8.92. The lowest BCUT2D eigenvalue weighted by atomic mass is 10.2. The molecule has 0 saturated heterocycles. The van der Waals surface area contributed by atoms with E-state index in [0.29, 0.717) is 0 Å². The van der Waals surface area contributed by atoms with Crippen LogP contribution < -0.4 is 4.74 Å². The van der Waals surface area contributed by atoms with E-state index >= 15 is 0 Å². The number of benzene rings is 2. The van der Waals surface area contributed by atoms with Gasteiger partial charge in [-0.1, -0.05) is 48.5 Å². The third-order valence-electron chi connectivity index (χ3n) is 2.83. The molecule has 0 bridgehead atoms. The highest BCUT2D eigenvalue weighted by Crippen LogP contribution is 2.35. The monoisotopic (exact) mass is 254 g/mol. The van der Waals surface area contributed by atoms with E-state index in [2.05, 4.69) is 36.4 Å². The Morgan fingerprint density at radius 1 is 1.00 bits per heavy atom. The first-order valence-electron chi connectivity index (χ1n) is 6.03. The van der Waals surface area contributed by atoms with Crippen molar-refractivity contribution in [2.75, 3.05) is 5.75 Å². The van der Waals surface area contributed by atoms with Gasteiger partial charge in [0.25, 0.3) is 0 Å². The summed E-state index contributed by atoms with van der Waals surface area (Å²) in [6.45, 7) is 0. The van der Waals surface area contributed by atoms with Gasteiger partial charge in [-0.3, -0.25) is 0 Å². The predicted molar refractivity (Wildman–Crippen MR) is 77.1 cm³/mol. The average molecular weight is 254 g/mol. The molecule has 1 aliphatic rings. The Morgan fingerprint density at radius 3 is 2.67 bits per heavy atom. The van der Waals surface area contributed by atoms with Crippen LogP contribution in [0.15, 0.2) is 65.6 Å². The summed E-state index contributed by atoms with van der Waals surface area (Å²) in [7, 11) is 0. The Balaban J connectivity index is 1.72. The highest BCUT2D eigenvalue weighted by Gasteiger charge is 2.17. The van der Waals surface area contributed by atoms with Gasteiger partial charge in [0.05, 0.1) is 0 Å². The molecule has 90 valence electrons. The van der Waals surface area contributed by atoms with Gasteiger partial charge in [0.15, 0.2) is 0 Å². The molecule has 1 aliphatic heterocycles. The molecular formula is C16H14OS. The molecule has 1 unspecified atom stereocenters. The van der Waals surface area contributed by atoms with Gasteiger partial charge in [-0.2, -0.15) is 0 Å². The van der Waals surface area contributed by atoms with E-state index in [9.17, 15) is 0 Å². The molecule has 1 atom stereocenters. The lowest BCUT2D eigenvalue weighted by Gasteiger charge is -2.23. The van der Waals surface area contributed by atoms with E-state index in [1.807, 2.05) is 42.1 Å². The van der Waals surface area contributed by atoms with Crippen molar-refractivity contribution in [1.29, 1.82) is 0 Å². The lowest BCUT2D eigenvalue weighted by molar-refractivity contribution is 0.263. The second-order valence-corrected chi connectivity index (χ2v) is 5.25. The smallest absolute Gasteiger partial charge is 0.133 e. The third-order valence-corrected chi connectivity index (χ3v) is 3.98. The molecular weight excluding hydrogens is 240 g/mol. The summed E-state index contributed by atoms with van der Waals surface area (Å²) in [6.07, 6.45) is 4.42. The van der Waals surface area contributed by atoms with Crippen LogP contribution in [0.5, 0.6) is 5.75 Å². The molecule has 3 rings (SSSR count). The van der Waals surface area contributed by atoms with Crippen LogP contribution in [0.4, 0.5) is 0 Å². The zero-order valence-corrected chi connectivity index (χ0v) is 10.8. The summed E-state index contributed by atoms with van der Waals surface area (Å²) in [5.74, 6) is 1.97. The topological polar surface area (TPSA) is 9.23 Å². The molecule has 0 saturated carbocycles. The largest absolute Gasteiger partial charge is 0.484 e. The van der Waals surface area contributed by atoms with Crippen molar-refractivity contribution in [1.82, 2.24) is 0 Å². The summed E-state index contributed by atoms with van der Waals surface area (Å²) in [4.78, 5) is 1.24. The summed E-state index contributed by atoms with van der Waals surface area (Å²) < 4.78 is 5.95. The fourth-order valence-electron chi connectivity index (χ4n) is 1.91. The van der Waals surface area contributed by atoms with E-state index in [1.54, 1.807) is 0 Å². The third kappa shape index (κ3) is 2.59. The van der Waals surface area contributed by atoms with Crippen LogP contribution in [-0.4, -0.2) is 11.9 Å². The SMILES string of the molecule is C(=CC1CSc2ccccc2O1)c1ccccc1. The Kier molecular flexibility index (Phi) is 3.37. The van der Waals surface area contributed by atoms with Crippen LogP contribution in [0.25, 0.3) is 6.08 Å². The Bertz CT molecular complexity index is 548. The number of ether oxygens (including phenoxy) is 1. The van der Waals surface area contributed by atoms with Gasteiger partial charge >= 0.3 is 0 Å². The van der Waals surface area contributed by atoms with E-state index in [0.717, 1.165) is 11.5 Å². The van der Waals surface area contributed by atoms with Crippen molar-refractivity contribution < 1.29 is 4.74 Å². The number of fused-ring (bicyclic) bond motifs is 1. The van der Waals surface area contributed by atoms with E-state index < -0.39 is 0 Å². The van der Waals surface area contributed by atoms with Gasteiger partial charge in [-0.05, 0) is 23.8 Å². The minimum atomic E-state index is 0.158. The minimum Gasteiger partial charge on any atom is -0.484 e. The van der Waals surface area contributed by atoms with Crippen LogP contribution in [-0.2, 0) is 0 Å². The molecule has 1 heterocycles. The number of hydrogen-bond acceptors (Lipinski definition) is 2. The summed E-state index contributed by atoms with van der Waals surface area (Å²) in [5.41, 5.74) is 1.21. The Hall–Kier alpha value is -1.67. The molecule has 0 aliphatic carbocycles. The fourth-order valence-corrected chi connectivity index (χ4v) is 2.87. The maximum atomic E-state index is 5.95. The van der Waals surface area contributed by atoms with E-state index in [4.69, 9.17) is 4.74 Å². The van der Waals surface area contributed by atoms with E-state index in [-0.39, 0.29) is 6.10 Å². The zero-order valence-electron chi connectivity index (χ0n) is 9.95. The van der Waals surface area contributed by atoms with Gasteiger partial charge < -0.3 is 4.74 Å². The second-order valence-electron chi connectivity index (χ2n) is 4.18. The van der Waals surface area contributed by atoms with Crippen molar-refractivity contribution >= 4 is 17.8 Å². The molecule has 0 aromatic heterocycles. The lowest BCUT2D eigenvalue weighted by Crippen LogP contribution is -2.20. The van der Waals surface area contributed by atoms with Crippen molar-refractivity contribution in [3.8, 4) is 5.75 Å². The zero-order chi connectivity index (χ0) is 12.2. The van der Waals surface area contributed by atoms with Crippen LogP contribution in [0.3, 0.4) is 0 Å². The number of para-hydroxylation sites is 1. The molecule has 2 aromatic rings. The molecule has 2 aromatic carbocycles. The normalized spacial score (nSPS) is 18.3. The minimum absolute atomic E-state index is 0.158. The quantitative estimate of drug-likeness (QED) is 0.792. The summed E-state index contributed by atoms with van der Waals surface area (Å²) >= 11 is 1.86. The Morgan fingerprint density at radius 2 is 1.78 bits per heavy atom. The molecule has 0 amide bonds. The average Bonchev–Trinajstić information content (AvgIpc) is 2.46. The van der Waals surface area contributed by atoms with Crippen molar-refractivity contribution in [3.63, 3.8) is 0 Å². The second kappa shape index (κ2) is 5.32. The maximum absolute atomic E-state index is 5.95. The molecule has 0 N–H and O–H groups in total. The first kappa shape index (κ1) is 11.4. The number of rotatable bonds is 2. The van der Waals surface area contributed by atoms with Crippen molar-refractivity contribution in [3.05, 3.63) is 66.2 Å². The van der Waals surface area contributed by atoms with Crippen LogP contribution >= 0.6 is 11.8 Å². The van der Waals surface area contributed by atoms with Gasteiger partial charge in [-0.15, -0.1) is 11.8 Å². The van der Waals surface area contributed by atoms with Gasteiger partial charge in [-0.25, -0.2) is 0 Å². The first-order valence-corrected chi connectivity index (χ1v) is 7.02. The molecule has 0 fully saturated rings. The fraction of sp³-hybridized carbons (Fsp3) is 0.125. The van der Waals surface area contributed by atoms with Gasteiger partial charge in [0.2, 0.25) is 0 Å². The molecule has 2 heteroatoms. The van der Waals surface area contributed by atoms with Gasteiger partial charge in [0, 0.05) is 10.6 Å². The molecule has 0 radical (unpaired) electrons. The van der Waals surface area contributed by atoms with Crippen LogP contribution in [0.1, 0.15) is 5.56 Å². The molecule has 0 spiro atoms. The summed E-state index contributed by atoms with van der Waals surface area (Å²) in [6, 6.07) is 18.5.